The highest BCUT2D eigenvalue weighted by Crippen LogP contribution is 2.68. The summed E-state index contributed by atoms with van der Waals surface area (Å²) >= 11 is 0. The van der Waals surface area contributed by atoms with Gasteiger partial charge in [-0.25, -0.2) is 0 Å². The second kappa shape index (κ2) is 4.96. The lowest BCUT2D eigenvalue weighted by atomic mass is 9.44. The highest BCUT2D eigenvalue weighted by molar-refractivity contribution is 5.20. The Morgan fingerprint density at radius 3 is 2.43 bits per heavy atom. The van der Waals surface area contributed by atoms with E-state index in [1.54, 1.807) is 0 Å². The molecular formula is C20H31NO2. The number of rotatable bonds is 0. The lowest BCUT2D eigenvalue weighted by Crippen LogP contribution is -2.56. The molecule has 0 saturated heterocycles. The quantitative estimate of drug-likeness (QED) is 0.670. The fourth-order valence-electron chi connectivity index (χ4n) is 7.44. The van der Waals surface area contributed by atoms with Gasteiger partial charge in [0, 0.05) is 5.41 Å². The van der Waals surface area contributed by atoms with Crippen molar-refractivity contribution in [1.29, 1.82) is 5.26 Å². The fraction of sp³-hybridized carbons (Fsp3) is 0.950. The molecule has 0 radical (unpaired) electrons. The van der Waals surface area contributed by atoms with E-state index in [1.807, 2.05) is 0 Å². The van der Waals surface area contributed by atoms with Gasteiger partial charge in [-0.1, -0.05) is 13.8 Å². The Bertz CT molecular complexity index is 542. The maximum Gasteiger partial charge on any atom is 0.156 e. The number of hydrogen-bond donors (Lipinski definition) is 2. The Morgan fingerprint density at radius 2 is 1.70 bits per heavy atom. The molecule has 4 aliphatic carbocycles. The summed E-state index contributed by atoms with van der Waals surface area (Å²) in [6, 6.07) is 2.27. The summed E-state index contributed by atoms with van der Waals surface area (Å²) in [6.45, 7) is 4.66. The van der Waals surface area contributed by atoms with Crippen LogP contribution < -0.4 is 0 Å². The van der Waals surface area contributed by atoms with E-state index in [2.05, 4.69) is 19.9 Å². The largest absolute Gasteiger partial charge is 0.393 e. The highest BCUT2D eigenvalue weighted by Gasteiger charge is 2.64. The number of aliphatic hydroxyl groups excluding tert-OH is 1. The molecule has 0 spiro atoms. The van der Waals surface area contributed by atoms with E-state index in [-0.39, 0.29) is 11.5 Å². The van der Waals surface area contributed by atoms with E-state index in [9.17, 15) is 15.5 Å². The monoisotopic (exact) mass is 317 g/mol. The maximum absolute atomic E-state index is 10.9. The molecule has 0 aromatic rings. The summed E-state index contributed by atoms with van der Waals surface area (Å²) in [5.41, 5.74) is -0.944. The van der Waals surface area contributed by atoms with Crippen LogP contribution in [0, 0.1) is 45.8 Å². The molecule has 0 aromatic carbocycles. The molecule has 0 aromatic heterocycles. The molecule has 4 unspecified atom stereocenters. The maximum atomic E-state index is 10.9. The van der Waals surface area contributed by atoms with Crippen molar-refractivity contribution in [3.05, 3.63) is 0 Å². The van der Waals surface area contributed by atoms with Crippen LogP contribution in [-0.2, 0) is 0 Å². The van der Waals surface area contributed by atoms with Gasteiger partial charge in [-0.05, 0) is 86.9 Å². The smallest absolute Gasteiger partial charge is 0.156 e. The molecule has 4 fully saturated rings. The van der Waals surface area contributed by atoms with E-state index < -0.39 is 5.60 Å². The average molecular weight is 317 g/mol. The average Bonchev–Trinajstić information content (AvgIpc) is 2.80. The van der Waals surface area contributed by atoms with E-state index in [0.717, 1.165) is 44.4 Å². The molecular weight excluding hydrogens is 286 g/mol. The molecule has 0 bridgehead atoms. The van der Waals surface area contributed by atoms with Gasteiger partial charge in [0.1, 0.15) is 0 Å². The third-order valence-electron chi connectivity index (χ3n) is 8.97. The van der Waals surface area contributed by atoms with Gasteiger partial charge in [0.05, 0.1) is 12.2 Å². The van der Waals surface area contributed by atoms with Gasteiger partial charge < -0.3 is 10.2 Å². The summed E-state index contributed by atoms with van der Waals surface area (Å²) in [4.78, 5) is 0. The molecule has 0 aliphatic heterocycles. The molecule has 8 atom stereocenters. The van der Waals surface area contributed by atoms with E-state index >= 15 is 0 Å². The predicted octanol–water partition coefficient (Wildman–Crippen LogP) is 3.64. The minimum atomic E-state index is -1.11. The SMILES string of the molecule is C[C@]12CCC3C(CC[C@H]4CC(O)CC[C@]34C)C1CC[C@]2(O)C#N. The molecule has 2 N–H and O–H groups in total. The van der Waals surface area contributed by atoms with Crippen LogP contribution in [0.4, 0.5) is 0 Å². The number of aliphatic hydroxyl groups is 2. The Labute approximate surface area is 140 Å². The minimum absolute atomic E-state index is 0.0892. The van der Waals surface area contributed by atoms with E-state index in [0.29, 0.717) is 29.6 Å². The van der Waals surface area contributed by atoms with Crippen molar-refractivity contribution in [3.8, 4) is 6.07 Å². The Balaban J connectivity index is 1.65. The zero-order chi connectivity index (χ0) is 16.5. The lowest BCUT2D eigenvalue weighted by molar-refractivity contribution is -0.145. The van der Waals surface area contributed by atoms with Crippen molar-refractivity contribution in [2.45, 2.75) is 83.3 Å². The zero-order valence-corrected chi connectivity index (χ0v) is 14.6. The van der Waals surface area contributed by atoms with Crippen molar-refractivity contribution < 1.29 is 10.2 Å². The molecule has 0 heterocycles. The van der Waals surface area contributed by atoms with Gasteiger partial charge in [0.15, 0.2) is 5.60 Å². The minimum Gasteiger partial charge on any atom is -0.393 e. The van der Waals surface area contributed by atoms with Crippen LogP contribution in [0.2, 0.25) is 0 Å². The Morgan fingerprint density at radius 1 is 0.957 bits per heavy atom. The number of hydrogen-bond acceptors (Lipinski definition) is 3. The van der Waals surface area contributed by atoms with Gasteiger partial charge >= 0.3 is 0 Å². The molecule has 4 aliphatic rings. The van der Waals surface area contributed by atoms with E-state index in [4.69, 9.17) is 0 Å². The van der Waals surface area contributed by atoms with Crippen molar-refractivity contribution in [2.75, 3.05) is 0 Å². The second-order valence-corrected chi connectivity index (χ2v) is 9.55. The van der Waals surface area contributed by atoms with Crippen LogP contribution in [0.1, 0.15) is 71.6 Å². The van der Waals surface area contributed by atoms with E-state index in [1.165, 1.54) is 12.8 Å². The number of nitriles is 1. The first-order valence-corrected chi connectivity index (χ1v) is 9.66. The molecule has 23 heavy (non-hydrogen) atoms. The van der Waals surface area contributed by atoms with Crippen LogP contribution in [-0.4, -0.2) is 21.9 Å². The van der Waals surface area contributed by atoms with Gasteiger partial charge in [0.25, 0.3) is 0 Å². The van der Waals surface area contributed by atoms with Crippen LogP contribution in [0.3, 0.4) is 0 Å². The Kier molecular flexibility index (Phi) is 3.43. The first-order valence-electron chi connectivity index (χ1n) is 9.66. The van der Waals surface area contributed by atoms with Crippen molar-refractivity contribution in [1.82, 2.24) is 0 Å². The number of nitrogens with zero attached hydrogens (tertiary/aromatic N) is 1. The third-order valence-corrected chi connectivity index (χ3v) is 8.97. The summed E-state index contributed by atoms with van der Waals surface area (Å²) in [7, 11) is 0. The van der Waals surface area contributed by atoms with Crippen LogP contribution in [0.15, 0.2) is 0 Å². The van der Waals surface area contributed by atoms with Gasteiger partial charge in [-0.2, -0.15) is 5.26 Å². The number of fused-ring (bicyclic) bond motifs is 5. The summed E-state index contributed by atoms with van der Waals surface area (Å²) < 4.78 is 0. The van der Waals surface area contributed by atoms with Crippen molar-refractivity contribution in [3.63, 3.8) is 0 Å². The third kappa shape index (κ3) is 1.94. The molecule has 4 rings (SSSR count). The molecule has 0 amide bonds. The molecule has 3 heteroatoms. The van der Waals surface area contributed by atoms with Gasteiger partial charge in [0.2, 0.25) is 0 Å². The summed E-state index contributed by atoms with van der Waals surface area (Å²) in [5.74, 6) is 2.59. The van der Waals surface area contributed by atoms with Gasteiger partial charge in [-0.15, -0.1) is 0 Å². The van der Waals surface area contributed by atoms with Crippen molar-refractivity contribution in [2.24, 2.45) is 34.5 Å². The zero-order valence-electron chi connectivity index (χ0n) is 14.6. The van der Waals surface area contributed by atoms with Crippen molar-refractivity contribution >= 4 is 0 Å². The van der Waals surface area contributed by atoms with Gasteiger partial charge in [-0.3, -0.25) is 0 Å². The molecule has 4 saturated carbocycles. The first kappa shape index (κ1) is 15.9. The normalized spacial score (nSPS) is 58.7. The fourth-order valence-corrected chi connectivity index (χ4v) is 7.44. The van der Waals surface area contributed by atoms with Crippen LogP contribution in [0.25, 0.3) is 0 Å². The lowest BCUT2D eigenvalue weighted by Gasteiger charge is -2.61. The highest BCUT2D eigenvalue weighted by atomic mass is 16.3. The summed E-state index contributed by atoms with van der Waals surface area (Å²) in [5, 5.41) is 30.5. The standard InChI is InChI=1S/C20H31NO2/c1-18-8-5-14(22)11-13(18)3-4-15-16(18)6-9-19(2)17(15)7-10-20(19,23)12-21/h13-17,22-23H,3-11H2,1-2H3/t13-,14?,15?,16?,17?,18-,19-,20-/m0/s1. The van der Waals surface area contributed by atoms with Crippen LogP contribution in [0.5, 0.6) is 0 Å². The molecule has 3 nitrogen and oxygen atoms in total. The predicted molar refractivity (Wildman–Crippen MR) is 88.3 cm³/mol. The first-order chi connectivity index (χ1) is 10.8. The molecule has 128 valence electrons. The summed E-state index contributed by atoms with van der Waals surface area (Å²) in [6.07, 6.45) is 9.31. The van der Waals surface area contributed by atoms with Crippen LogP contribution >= 0.6 is 0 Å². The topological polar surface area (TPSA) is 64.2 Å². The second-order valence-electron chi connectivity index (χ2n) is 9.55. The Hall–Kier alpha value is -0.590.